The van der Waals surface area contributed by atoms with Gasteiger partial charge in [0.1, 0.15) is 17.1 Å². The summed E-state index contributed by atoms with van der Waals surface area (Å²) in [5.74, 6) is 0.837. The van der Waals surface area contributed by atoms with Crippen LogP contribution in [0.4, 0.5) is 5.69 Å². The number of hydrogen-bond acceptors (Lipinski definition) is 5. The first-order valence-corrected chi connectivity index (χ1v) is 8.43. The van der Waals surface area contributed by atoms with E-state index in [1.165, 1.54) is 12.8 Å². The van der Waals surface area contributed by atoms with Gasteiger partial charge in [0.2, 0.25) is 0 Å². The van der Waals surface area contributed by atoms with E-state index in [-0.39, 0.29) is 6.10 Å². The summed E-state index contributed by atoms with van der Waals surface area (Å²) in [6.45, 7) is 6.20. The molecule has 2 aromatic heterocycles. The lowest BCUT2D eigenvalue weighted by atomic mass is 10.1. The van der Waals surface area contributed by atoms with Crippen molar-refractivity contribution in [3.05, 3.63) is 30.5 Å². The van der Waals surface area contributed by atoms with Crippen LogP contribution in [0.25, 0.3) is 22.3 Å². The second kappa shape index (κ2) is 6.11. The van der Waals surface area contributed by atoms with Crippen molar-refractivity contribution in [2.45, 2.75) is 32.8 Å². The molecule has 3 heterocycles. The molecule has 1 N–H and O–H groups in total. The predicted molar refractivity (Wildman–Crippen MR) is 94.3 cm³/mol. The molecule has 1 aromatic carbocycles. The fourth-order valence-corrected chi connectivity index (χ4v) is 3.15. The minimum Gasteiger partial charge on any atom is -0.491 e. The Morgan fingerprint density at radius 1 is 1.17 bits per heavy atom. The van der Waals surface area contributed by atoms with Crippen LogP contribution in [0.5, 0.6) is 5.75 Å². The molecule has 1 saturated heterocycles. The van der Waals surface area contributed by atoms with Crippen molar-refractivity contribution < 1.29 is 4.74 Å². The van der Waals surface area contributed by atoms with Crippen molar-refractivity contribution in [1.29, 1.82) is 0 Å². The molecule has 0 atom stereocenters. The molecule has 0 saturated carbocycles. The molecule has 0 bridgehead atoms. The van der Waals surface area contributed by atoms with Gasteiger partial charge in [-0.05, 0) is 51.0 Å². The average molecular weight is 323 g/mol. The molecule has 1 fully saturated rings. The summed E-state index contributed by atoms with van der Waals surface area (Å²) in [5.41, 5.74) is 3.68. The van der Waals surface area contributed by atoms with Gasteiger partial charge in [0, 0.05) is 18.5 Å². The van der Waals surface area contributed by atoms with Crippen LogP contribution in [-0.2, 0) is 0 Å². The molecule has 1 aliphatic heterocycles. The molecular weight excluding hydrogens is 302 g/mol. The summed E-state index contributed by atoms with van der Waals surface area (Å²) in [5, 5.41) is 17.0. The van der Waals surface area contributed by atoms with Crippen molar-refractivity contribution in [3.8, 4) is 17.1 Å². The Morgan fingerprint density at radius 3 is 2.79 bits per heavy atom. The van der Waals surface area contributed by atoms with Crippen LogP contribution in [-0.4, -0.2) is 39.6 Å². The number of fused-ring (bicyclic) bond motifs is 1. The Labute approximate surface area is 140 Å². The first kappa shape index (κ1) is 14.9. The smallest absolute Gasteiger partial charge is 0.120 e. The fourth-order valence-electron chi connectivity index (χ4n) is 3.15. The van der Waals surface area contributed by atoms with E-state index >= 15 is 0 Å². The number of aromatic amines is 1. The summed E-state index contributed by atoms with van der Waals surface area (Å²) < 4.78 is 5.80. The van der Waals surface area contributed by atoms with Gasteiger partial charge in [-0.3, -0.25) is 5.10 Å². The summed E-state index contributed by atoms with van der Waals surface area (Å²) in [6.07, 6.45) is 4.44. The van der Waals surface area contributed by atoms with E-state index in [9.17, 15) is 0 Å². The van der Waals surface area contributed by atoms with Gasteiger partial charge >= 0.3 is 0 Å². The maximum absolute atomic E-state index is 5.80. The predicted octanol–water partition coefficient (Wildman–Crippen LogP) is 3.41. The Kier molecular flexibility index (Phi) is 3.80. The summed E-state index contributed by atoms with van der Waals surface area (Å²) >= 11 is 0. The van der Waals surface area contributed by atoms with Crippen molar-refractivity contribution in [2.75, 3.05) is 18.0 Å². The summed E-state index contributed by atoms with van der Waals surface area (Å²) in [6, 6.07) is 8.03. The van der Waals surface area contributed by atoms with Gasteiger partial charge in [-0.15, -0.1) is 5.10 Å². The molecular formula is C18H21N5O. The highest BCUT2D eigenvalue weighted by Gasteiger charge is 2.16. The van der Waals surface area contributed by atoms with Crippen LogP contribution in [0.3, 0.4) is 0 Å². The molecule has 3 aromatic rings. The van der Waals surface area contributed by atoms with Gasteiger partial charge in [-0.2, -0.15) is 10.2 Å². The highest BCUT2D eigenvalue weighted by molar-refractivity contribution is 5.93. The Balaban J connectivity index is 1.74. The summed E-state index contributed by atoms with van der Waals surface area (Å²) in [7, 11) is 0. The number of nitrogens with zero attached hydrogens (tertiary/aromatic N) is 4. The number of H-pyrrole nitrogens is 1. The number of anilines is 1. The van der Waals surface area contributed by atoms with Crippen LogP contribution < -0.4 is 9.64 Å². The SMILES string of the molecule is CC(C)Oc1ccc2[nH]nc(-c3cc(N4CCCC4)cnn3)c2c1. The van der Waals surface area contributed by atoms with Gasteiger partial charge in [0.15, 0.2) is 0 Å². The third-order valence-electron chi connectivity index (χ3n) is 4.26. The molecule has 0 unspecified atom stereocenters. The minimum absolute atomic E-state index is 0.135. The van der Waals surface area contributed by atoms with Crippen molar-refractivity contribution in [2.24, 2.45) is 0 Å². The van der Waals surface area contributed by atoms with E-state index in [1.807, 2.05) is 38.2 Å². The molecule has 124 valence electrons. The number of benzene rings is 1. The second-order valence-corrected chi connectivity index (χ2v) is 6.44. The maximum Gasteiger partial charge on any atom is 0.120 e. The largest absolute Gasteiger partial charge is 0.491 e. The van der Waals surface area contributed by atoms with Crippen LogP contribution in [0.15, 0.2) is 30.5 Å². The molecule has 1 aliphatic rings. The van der Waals surface area contributed by atoms with Crippen molar-refractivity contribution >= 4 is 16.6 Å². The van der Waals surface area contributed by atoms with Crippen molar-refractivity contribution in [3.63, 3.8) is 0 Å². The van der Waals surface area contributed by atoms with Crippen LogP contribution in [0.2, 0.25) is 0 Å². The molecule has 4 rings (SSSR count). The highest BCUT2D eigenvalue weighted by atomic mass is 16.5. The highest BCUT2D eigenvalue weighted by Crippen LogP contribution is 2.30. The van der Waals surface area contributed by atoms with Gasteiger partial charge in [0.05, 0.1) is 23.5 Å². The maximum atomic E-state index is 5.80. The Morgan fingerprint density at radius 2 is 2.00 bits per heavy atom. The average Bonchev–Trinajstić information content (AvgIpc) is 3.24. The topological polar surface area (TPSA) is 66.9 Å². The van der Waals surface area contributed by atoms with E-state index in [2.05, 4.69) is 31.4 Å². The number of ether oxygens (including phenoxy) is 1. The lowest BCUT2D eigenvalue weighted by Crippen LogP contribution is -2.18. The van der Waals surface area contributed by atoms with E-state index in [1.54, 1.807) is 0 Å². The summed E-state index contributed by atoms with van der Waals surface area (Å²) in [4.78, 5) is 2.35. The van der Waals surface area contributed by atoms with Gasteiger partial charge < -0.3 is 9.64 Å². The third kappa shape index (κ3) is 2.79. The van der Waals surface area contributed by atoms with Crippen LogP contribution >= 0.6 is 0 Å². The van der Waals surface area contributed by atoms with E-state index in [0.717, 1.165) is 46.8 Å². The third-order valence-corrected chi connectivity index (χ3v) is 4.26. The molecule has 0 radical (unpaired) electrons. The van der Waals surface area contributed by atoms with E-state index in [0.29, 0.717) is 0 Å². The normalized spacial score (nSPS) is 14.7. The van der Waals surface area contributed by atoms with Gasteiger partial charge in [-0.25, -0.2) is 0 Å². The number of hydrogen-bond donors (Lipinski definition) is 1. The quantitative estimate of drug-likeness (QED) is 0.797. The van der Waals surface area contributed by atoms with Crippen LogP contribution in [0, 0.1) is 0 Å². The number of nitrogens with one attached hydrogen (secondary N) is 1. The van der Waals surface area contributed by atoms with E-state index in [4.69, 9.17) is 4.74 Å². The molecule has 0 spiro atoms. The standard InChI is InChI=1S/C18H21N5O/c1-12(2)24-14-5-6-16-15(10-14)18(22-21-16)17-9-13(11-19-20-17)23-7-3-4-8-23/h5-6,9-12H,3-4,7-8H2,1-2H3,(H,21,22). The lowest BCUT2D eigenvalue weighted by molar-refractivity contribution is 0.243. The fraction of sp³-hybridized carbons (Fsp3) is 0.389. The Bertz CT molecular complexity index is 851. The molecule has 0 amide bonds. The Hall–Kier alpha value is -2.63. The molecule has 6 nitrogen and oxygen atoms in total. The minimum atomic E-state index is 0.135. The second-order valence-electron chi connectivity index (χ2n) is 6.44. The first-order chi connectivity index (χ1) is 11.7. The zero-order chi connectivity index (χ0) is 16.5. The molecule has 6 heteroatoms. The molecule has 0 aliphatic carbocycles. The van der Waals surface area contributed by atoms with E-state index < -0.39 is 0 Å². The monoisotopic (exact) mass is 323 g/mol. The first-order valence-electron chi connectivity index (χ1n) is 8.43. The van der Waals surface area contributed by atoms with Crippen molar-refractivity contribution in [1.82, 2.24) is 20.4 Å². The van der Waals surface area contributed by atoms with Crippen LogP contribution in [0.1, 0.15) is 26.7 Å². The number of rotatable bonds is 4. The lowest BCUT2D eigenvalue weighted by Gasteiger charge is -2.16. The zero-order valence-electron chi connectivity index (χ0n) is 14.0. The zero-order valence-corrected chi connectivity index (χ0v) is 14.0. The van der Waals surface area contributed by atoms with Gasteiger partial charge in [-0.1, -0.05) is 0 Å². The van der Waals surface area contributed by atoms with Gasteiger partial charge in [0.25, 0.3) is 0 Å². The molecule has 24 heavy (non-hydrogen) atoms. The number of aromatic nitrogens is 4.